The molecule has 5 N–H and O–H groups in total. The second-order valence-electron chi connectivity index (χ2n) is 10.1. The topological polar surface area (TPSA) is 98.2 Å². The molecule has 0 aliphatic heterocycles. The molecule has 0 saturated heterocycles. The molecule has 2 amide bonds. The Labute approximate surface area is 234 Å². The number of hydrogen-bond acceptors (Lipinski definition) is 3. The van der Waals surface area contributed by atoms with E-state index in [0.29, 0.717) is 24.9 Å². The molecule has 0 fully saturated rings. The Morgan fingerprint density at radius 2 is 1.25 bits per heavy atom. The Bertz CT molecular complexity index is 1690. The van der Waals surface area contributed by atoms with Gasteiger partial charge in [-0.25, -0.2) is 0 Å². The highest BCUT2D eigenvalue weighted by Gasteiger charge is 2.17. The van der Waals surface area contributed by atoms with Gasteiger partial charge in [-0.05, 0) is 63.2 Å². The van der Waals surface area contributed by atoms with E-state index >= 15 is 0 Å². The van der Waals surface area contributed by atoms with Crippen LogP contribution in [0.15, 0.2) is 121 Å². The standard InChI is InChI=1S/C35H33N3O2/c36-23-26-6-5-11-32(21-26)35(40)38-33(22-25-13-15-28-8-2-4-10-30(28)19-25)17-16-31(34(37)39)20-24-12-14-27-7-1-3-9-29(27)18-24/h1-19,21,31,33H,20,22-23,36H2,(H2,37,39)(H,38,40)/t31-,33+/m1/s1. The first-order chi connectivity index (χ1) is 19.5. The largest absolute Gasteiger partial charge is 0.369 e. The molecule has 0 radical (unpaired) electrons. The van der Waals surface area contributed by atoms with Crippen molar-refractivity contribution in [1.29, 1.82) is 0 Å². The van der Waals surface area contributed by atoms with Crippen molar-refractivity contribution in [3.8, 4) is 0 Å². The average Bonchev–Trinajstić information content (AvgIpc) is 2.98. The van der Waals surface area contributed by atoms with Gasteiger partial charge in [-0.2, -0.15) is 0 Å². The maximum absolute atomic E-state index is 13.2. The molecule has 5 rings (SSSR count). The summed E-state index contributed by atoms with van der Waals surface area (Å²) in [6.45, 7) is 0.358. The zero-order valence-electron chi connectivity index (χ0n) is 22.3. The second kappa shape index (κ2) is 12.4. The van der Waals surface area contributed by atoms with Gasteiger partial charge in [-0.3, -0.25) is 9.59 Å². The van der Waals surface area contributed by atoms with Gasteiger partial charge in [0.15, 0.2) is 0 Å². The molecule has 0 spiro atoms. The van der Waals surface area contributed by atoms with Crippen LogP contribution in [-0.2, 0) is 24.2 Å². The van der Waals surface area contributed by atoms with E-state index in [4.69, 9.17) is 11.5 Å². The van der Waals surface area contributed by atoms with Crippen molar-refractivity contribution in [1.82, 2.24) is 5.32 Å². The average molecular weight is 528 g/mol. The predicted molar refractivity (Wildman–Crippen MR) is 163 cm³/mol. The van der Waals surface area contributed by atoms with Crippen molar-refractivity contribution in [2.75, 3.05) is 0 Å². The van der Waals surface area contributed by atoms with Gasteiger partial charge in [-0.1, -0.05) is 109 Å². The Balaban J connectivity index is 1.40. The van der Waals surface area contributed by atoms with E-state index in [2.05, 4.69) is 59.9 Å². The first-order valence-corrected chi connectivity index (χ1v) is 13.5. The SMILES string of the molecule is NCc1cccc(C(=O)N[C@@H](C=C[C@H](Cc2ccc3ccccc3c2)C(N)=O)Cc2ccc3ccccc3c2)c1. The molecule has 5 aromatic rings. The summed E-state index contributed by atoms with van der Waals surface area (Å²) in [5.41, 5.74) is 15.2. The van der Waals surface area contributed by atoms with E-state index in [9.17, 15) is 9.59 Å². The lowest BCUT2D eigenvalue weighted by molar-refractivity contribution is -0.120. The minimum atomic E-state index is -0.516. The number of benzene rings is 5. The van der Waals surface area contributed by atoms with Gasteiger partial charge < -0.3 is 16.8 Å². The molecule has 0 aliphatic rings. The van der Waals surface area contributed by atoms with Crippen molar-refractivity contribution < 1.29 is 9.59 Å². The zero-order chi connectivity index (χ0) is 27.9. The third kappa shape index (κ3) is 6.63. The number of amides is 2. The molecule has 0 aromatic heterocycles. The summed E-state index contributed by atoms with van der Waals surface area (Å²) >= 11 is 0. The van der Waals surface area contributed by atoms with E-state index in [1.807, 2.05) is 54.6 Å². The molecule has 5 aromatic carbocycles. The maximum Gasteiger partial charge on any atom is 0.251 e. The van der Waals surface area contributed by atoms with E-state index in [0.717, 1.165) is 38.2 Å². The molecule has 5 heteroatoms. The van der Waals surface area contributed by atoms with Gasteiger partial charge >= 0.3 is 0 Å². The summed E-state index contributed by atoms with van der Waals surface area (Å²) in [5, 5.41) is 7.70. The fraction of sp³-hybridized carbons (Fsp3) is 0.143. The molecule has 2 atom stereocenters. The Kier molecular flexibility index (Phi) is 8.33. The van der Waals surface area contributed by atoms with Crippen LogP contribution in [0.2, 0.25) is 0 Å². The number of carbonyl (C=O) groups excluding carboxylic acids is 2. The van der Waals surface area contributed by atoms with Crippen LogP contribution in [0.3, 0.4) is 0 Å². The molecule has 5 nitrogen and oxygen atoms in total. The third-order valence-corrected chi connectivity index (χ3v) is 7.22. The van der Waals surface area contributed by atoms with E-state index < -0.39 is 11.8 Å². The molecule has 0 bridgehead atoms. The number of nitrogens with one attached hydrogen (secondary N) is 1. The highest BCUT2D eigenvalue weighted by atomic mass is 16.2. The Morgan fingerprint density at radius 1 is 0.650 bits per heavy atom. The Morgan fingerprint density at radius 3 is 1.85 bits per heavy atom. The molecule has 0 saturated carbocycles. The number of fused-ring (bicyclic) bond motifs is 2. The number of hydrogen-bond donors (Lipinski definition) is 3. The van der Waals surface area contributed by atoms with Crippen LogP contribution in [0.25, 0.3) is 21.5 Å². The molecule has 0 unspecified atom stereocenters. The molecular weight excluding hydrogens is 494 g/mol. The lowest BCUT2D eigenvalue weighted by Gasteiger charge is -2.18. The fourth-order valence-electron chi connectivity index (χ4n) is 5.03. The van der Waals surface area contributed by atoms with E-state index in [1.165, 1.54) is 0 Å². The first-order valence-electron chi connectivity index (χ1n) is 13.5. The lowest BCUT2D eigenvalue weighted by Crippen LogP contribution is -2.35. The van der Waals surface area contributed by atoms with Crippen molar-refractivity contribution in [2.45, 2.75) is 25.4 Å². The summed E-state index contributed by atoms with van der Waals surface area (Å²) in [6.07, 6.45) is 4.77. The molecule has 40 heavy (non-hydrogen) atoms. The van der Waals surface area contributed by atoms with Gasteiger partial charge in [0.25, 0.3) is 5.91 Å². The number of rotatable bonds is 10. The predicted octanol–water partition coefficient (Wildman–Crippen LogP) is 5.69. The van der Waals surface area contributed by atoms with Gasteiger partial charge in [0.2, 0.25) is 5.91 Å². The lowest BCUT2D eigenvalue weighted by atomic mass is 9.94. The van der Waals surface area contributed by atoms with Crippen LogP contribution in [0.5, 0.6) is 0 Å². The summed E-state index contributed by atoms with van der Waals surface area (Å²) < 4.78 is 0. The maximum atomic E-state index is 13.2. The number of primary amides is 1. The second-order valence-corrected chi connectivity index (χ2v) is 10.1. The van der Waals surface area contributed by atoms with Gasteiger partial charge in [0.05, 0.1) is 12.0 Å². The normalized spacial score (nSPS) is 12.9. The zero-order valence-corrected chi connectivity index (χ0v) is 22.3. The van der Waals surface area contributed by atoms with Crippen molar-refractivity contribution in [3.63, 3.8) is 0 Å². The van der Waals surface area contributed by atoms with Gasteiger partial charge in [0.1, 0.15) is 0 Å². The van der Waals surface area contributed by atoms with Crippen molar-refractivity contribution >= 4 is 33.4 Å². The smallest absolute Gasteiger partial charge is 0.251 e. The van der Waals surface area contributed by atoms with Crippen LogP contribution in [0.4, 0.5) is 0 Å². The van der Waals surface area contributed by atoms with Crippen LogP contribution >= 0.6 is 0 Å². The molecule has 0 heterocycles. The Hall–Kier alpha value is -4.74. The van der Waals surface area contributed by atoms with Crippen molar-refractivity contribution in [2.24, 2.45) is 17.4 Å². The minimum Gasteiger partial charge on any atom is -0.369 e. The van der Waals surface area contributed by atoms with Crippen LogP contribution in [0.1, 0.15) is 27.0 Å². The summed E-state index contributed by atoms with van der Waals surface area (Å²) in [4.78, 5) is 25.7. The summed E-state index contributed by atoms with van der Waals surface area (Å²) in [5.74, 6) is -1.12. The monoisotopic (exact) mass is 527 g/mol. The van der Waals surface area contributed by atoms with E-state index in [1.54, 1.807) is 12.1 Å². The quantitative estimate of drug-likeness (QED) is 0.203. The van der Waals surface area contributed by atoms with Crippen molar-refractivity contribution in [3.05, 3.63) is 144 Å². The minimum absolute atomic E-state index is 0.198. The van der Waals surface area contributed by atoms with Crippen LogP contribution in [-0.4, -0.2) is 17.9 Å². The van der Waals surface area contributed by atoms with Crippen LogP contribution in [0, 0.1) is 5.92 Å². The third-order valence-electron chi connectivity index (χ3n) is 7.22. The highest BCUT2D eigenvalue weighted by molar-refractivity contribution is 5.94. The molecule has 0 aliphatic carbocycles. The highest BCUT2D eigenvalue weighted by Crippen LogP contribution is 2.20. The summed E-state index contributed by atoms with van der Waals surface area (Å²) in [6, 6.07) is 35.8. The fourth-order valence-corrected chi connectivity index (χ4v) is 5.03. The molecular formula is C35H33N3O2. The van der Waals surface area contributed by atoms with Crippen LogP contribution < -0.4 is 16.8 Å². The van der Waals surface area contributed by atoms with Gasteiger partial charge in [0, 0.05) is 12.1 Å². The summed E-state index contributed by atoms with van der Waals surface area (Å²) in [7, 11) is 0. The number of nitrogens with two attached hydrogens (primary N) is 2. The molecule has 200 valence electrons. The number of carbonyl (C=O) groups is 2. The first kappa shape index (κ1) is 26.9. The van der Waals surface area contributed by atoms with Gasteiger partial charge in [-0.15, -0.1) is 0 Å². The van der Waals surface area contributed by atoms with E-state index in [-0.39, 0.29) is 11.9 Å².